The Labute approximate surface area is 166 Å². The number of carbonyl (C=O) groups excluding carboxylic acids is 2. The molecule has 1 aromatic carbocycles. The van der Waals surface area contributed by atoms with E-state index in [1.54, 1.807) is 0 Å². The zero-order chi connectivity index (χ0) is 20.7. The lowest BCUT2D eigenvalue weighted by atomic mass is 10.0. The van der Waals surface area contributed by atoms with Crippen molar-refractivity contribution in [3.05, 3.63) is 41.5 Å². The highest BCUT2D eigenvalue weighted by atomic mass is 19.1. The van der Waals surface area contributed by atoms with Crippen molar-refractivity contribution >= 4 is 17.5 Å². The van der Waals surface area contributed by atoms with Crippen molar-refractivity contribution in [2.24, 2.45) is 11.8 Å². The van der Waals surface area contributed by atoms with Gasteiger partial charge in [-0.25, -0.2) is 8.78 Å². The second kappa shape index (κ2) is 7.53. The lowest BCUT2D eigenvalue weighted by Gasteiger charge is -2.21. The Morgan fingerprint density at radius 2 is 2.07 bits per heavy atom. The lowest BCUT2D eigenvalue weighted by molar-refractivity contribution is -0.127. The molecule has 1 aliphatic heterocycles. The Kier molecular flexibility index (Phi) is 5.06. The minimum atomic E-state index is -0.835. The molecule has 1 saturated heterocycles. The fraction of sp³-hybridized carbons (Fsp3) is 0.500. The first-order chi connectivity index (χ1) is 13.8. The van der Waals surface area contributed by atoms with E-state index >= 15 is 0 Å². The first-order valence-corrected chi connectivity index (χ1v) is 9.72. The molecule has 0 radical (unpaired) electrons. The summed E-state index contributed by atoms with van der Waals surface area (Å²) in [6, 6.07) is 2.53. The number of halogens is 2. The molecule has 0 bridgehead atoms. The Balaban J connectivity index is 1.46. The molecule has 1 aromatic heterocycles. The first kappa shape index (κ1) is 19.5. The highest BCUT2D eigenvalue weighted by Gasteiger charge is 2.38. The third-order valence-corrected chi connectivity index (χ3v) is 5.33. The van der Waals surface area contributed by atoms with Gasteiger partial charge >= 0.3 is 0 Å². The Morgan fingerprint density at radius 3 is 2.72 bits per heavy atom. The third kappa shape index (κ3) is 3.99. The average Bonchev–Trinajstić information content (AvgIpc) is 3.27. The van der Waals surface area contributed by atoms with E-state index in [-0.39, 0.29) is 36.4 Å². The van der Waals surface area contributed by atoms with Crippen LogP contribution in [0.4, 0.5) is 14.5 Å². The molecule has 2 heterocycles. The summed E-state index contributed by atoms with van der Waals surface area (Å²) in [6.07, 6.45) is 2.03. The largest absolute Gasteiger partial charge is 0.344 e. The van der Waals surface area contributed by atoms with Gasteiger partial charge in [-0.05, 0) is 30.9 Å². The van der Waals surface area contributed by atoms with Crippen molar-refractivity contribution in [3.8, 4) is 0 Å². The van der Waals surface area contributed by atoms with Gasteiger partial charge in [0.2, 0.25) is 17.7 Å². The number of hydrogen-bond donors (Lipinski definition) is 1. The number of aromatic nitrogens is 2. The summed E-state index contributed by atoms with van der Waals surface area (Å²) in [4.78, 5) is 30.8. The minimum absolute atomic E-state index is 0.00537. The number of rotatable bonds is 6. The number of hydrogen-bond acceptors (Lipinski definition) is 5. The van der Waals surface area contributed by atoms with Crippen LogP contribution in [0.1, 0.15) is 56.8 Å². The van der Waals surface area contributed by atoms with Gasteiger partial charge in [0.05, 0.1) is 11.6 Å². The van der Waals surface area contributed by atoms with E-state index in [1.165, 1.54) is 11.0 Å². The van der Waals surface area contributed by atoms with Gasteiger partial charge in [-0.15, -0.1) is 0 Å². The molecule has 29 heavy (non-hydrogen) atoms. The zero-order valence-electron chi connectivity index (χ0n) is 16.2. The van der Waals surface area contributed by atoms with Gasteiger partial charge in [-0.1, -0.05) is 19.0 Å². The highest BCUT2D eigenvalue weighted by molar-refractivity contribution is 6.00. The number of amides is 2. The van der Waals surface area contributed by atoms with Crippen LogP contribution in [0.25, 0.3) is 0 Å². The maximum Gasteiger partial charge on any atom is 0.249 e. The summed E-state index contributed by atoms with van der Waals surface area (Å²) >= 11 is 0. The molecule has 2 unspecified atom stereocenters. The number of benzene rings is 1. The molecule has 0 spiro atoms. The number of anilines is 1. The molecular weight excluding hydrogens is 382 g/mol. The van der Waals surface area contributed by atoms with Gasteiger partial charge in [-0.3, -0.25) is 9.59 Å². The molecule has 2 atom stereocenters. The molecule has 2 amide bonds. The highest BCUT2D eigenvalue weighted by Crippen LogP contribution is 2.39. The molecule has 1 saturated carbocycles. The van der Waals surface area contributed by atoms with E-state index in [0.717, 1.165) is 25.0 Å². The van der Waals surface area contributed by atoms with Crippen LogP contribution in [0.15, 0.2) is 22.7 Å². The first-order valence-electron chi connectivity index (χ1n) is 9.72. The second-order valence-electron chi connectivity index (χ2n) is 8.00. The van der Waals surface area contributed by atoms with Crippen LogP contribution >= 0.6 is 0 Å². The van der Waals surface area contributed by atoms with Gasteiger partial charge in [0.1, 0.15) is 17.7 Å². The number of nitrogens with zero attached hydrogens (tertiary/aromatic N) is 3. The van der Waals surface area contributed by atoms with E-state index in [4.69, 9.17) is 4.52 Å². The topological polar surface area (TPSA) is 88.3 Å². The Hall–Kier alpha value is -2.84. The van der Waals surface area contributed by atoms with Crippen LogP contribution in [0.3, 0.4) is 0 Å². The van der Waals surface area contributed by atoms with E-state index in [2.05, 4.69) is 15.5 Å². The lowest BCUT2D eigenvalue weighted by Crippen LogP contribution is -2.37. The number of carbonyl (C=O) groups is 2. The van der Waals surface area contributed by atoms with Crippen LogP contribution in [0.5, 0.6) is 0 Å². The fourth-order valence-corrected chi connectivity index (χ4v) is 3.48. The van der Waals surface area contributed by atoms with Crippen LogP contribution in [-0.4, -0.2) is 28.5 Å². The summed E-state index contributed by atoms with van der Waals surface area (Å²) in [7, 11) is 0. The predicted octanol–water partition coefficient (Wildman–Crippen LogP) is 3.09. The van der Waals surface area contributed by atoms with Gasteiger partial charge in [0.25, 0.3) is 0 Å². The summed E-state index contributed by atoms with van der Waals surface area (Å²) in [5, 5.41) is 6.89. The molecule has 7 nitrogen and oxygen atoms in total. The summed E-state index contributed by atoms with van der Waals surface area (Å²) in [5.74, 6) is -1.60. The summed E-state index contributed by atoms with van der Waals surface area (Å²) in [5.41, 5.74) is -0.0295. The summed E-state index contributed by atoms with van der Waals surface area (Å²) in [6.45, 7) is 3.87. The second-order valence-corrected chi connectivity index (χ2v) is 8.00. The standard InChI is InChI=1S/C20H22F2N4O3/c1-10(2)17(20-24-18(25-29-20)11-3-4-11)23-19(28)12-7-16(27)26(9-12)15-6-5-13(21)8-14(15)22/h5-6,8,10-12,17H,3-4,7,9H2,1-2H3,(H,23,28). The van der Waals surface area contributed by atoms with Gasteiger partial charge in [0.15, 0.2) is 5.82 Å². The van der Waals surface area contributed by atoms with Crippen molar-refractivity contribution in [3.63, 3.8) is 0 Å². The normalized spacial score (nSPS) is 20.4. The SMILES string of the molecule is CC(C)C(NC(=O)C1CC(=O)N(c2ccc(F)cc2F)C1)c1nc(C2CC2)no1. The van der Waals surface area contributed by atoms with Crippen molar-refractivity contribution in [2.45, 2.75) is 45.1 Å². The molecule has 1 N–H and O–H groups in total. The minimum Gasteiger partial charge on any atom is -0.344 e. The quantitative estimate of drug-likeness (QED) is 0.799. The van der Waals surface area contributed by atoms with Crippen LogP contribution in [-0.2, 0) is 9.59 Å². The van der Waals surface area contributed by atoms with E-state index < -0.39 is 23.6 Å². The monoisotopic (exact) mass is 404 g/mol. The Bertz CT molecular complexity index is 942. The number of nitrogens with one attached hydrogen (secondary N) is 1. The van der Waals surface area contributed by atoms with Crippen molar-refractivity contribution in [1.29, 1.82) is 0 Å². The van der Waals surface area contributed by atoms with Crippen LogP contribution in [0.2, 0.25) is 0 Å². The third-order valence-electron chi connectivity index (χ3n) is 5.33. The molecule has 154 valence electrons. The molecular formula is C20H22F2N4O3. The molecule has 2 aliphatic rings. The molecule has 2 aromatic rings. The van der Waals surface area contributed by atoms with Crippen LogP contribution in [0, 0.1) is 23.5 Å². The van der Waals surface area contributed by atoms with E-state index in [9.17, 15) is 18.4 Å². The smallest absolute Gasteiger partial charge is 0.249 e. The van der Waals surface area contributed by atoms with Crippen molar-refractivity contribution in [2.75, 3.05) is 11.4 Å². The van der Waals surface area contributed by atoms with Crippen molar-refractivity contribution < 1.29 is 22.9 Å². The van der Waals surface area contributed by atoms with Crippen molar-refractivity contribution in [1.82, 2.24) is 15.5 Å². The Morgan fingerprint density at radius 1 is 1.31 bits per heavy atom. The molecule has 4 rings (SSSR count). The summed E-state index contributed by atoms with van der Waals surface area (Å²) < 4.78 is 32.5. The molecule has 9 heteroatoms. The van der Waals surface area contributed by atoms with Gasteiger partial charge in [-0.2, -0.15) is 4.98 Å². The van der Waals surface area contributed by atoms with E-state index in [0.29, 0.717) is 17.6 Å². The van der Waals surface area contributed by atoms with Gasteiger partial charge < -0.3 is 14.7 Å². The molecule has 1 aliphatic carbocycles. The molecule has 2 fully saturated rings. The maximum atomic E-state index is 14.1. The van der Waals surface area contributed by atoms with E-state index in [1.807, 2.05) is 13.8 Å². The maximum absolute atomic E-state index is 14.1. The fourth-order valence-electron chi connectivity index (χ4n) is 3.48. The predicted molar refractivity (Wildman–Crippen MR) is 98.8 cm³/mol. The average molecular weight is 404 g/mol. The van der Waals surface area contributed by atoms with Gasteiger partial charge in [0, 0.05) is 24.9 Å². The zero-order valence-corrected chi connectivity index (χ0v) is 16.2. The van der Waals surface area contributed by atoms with Crippen LogP contribution < -0.4 is 10.2 Å².